The number of hydrogen-bond acceptors (Lipinski definition) is 4. The molecule has 4 amide bonds. The lowest BCUT2D eigenvalue weighted by Gasteiger charge is -2.26. The van der Waals surface area contributed by atoms with E-state index >= 15 is 0 Å². The molecule has 0 atom stereocenters. The minimum Gasteiger partial charge on any atom is -0.488 e. The number of anilines is 1. The summed E-state index contributed by atoms with van der Waals surface area (Å²) in [4.78, 5) is 38.3. The number of ether oxygens (including phenoxy) is 1. The fourth-order valence-electron chi connectivity index (χ4n) is 3.11. The Morgan fingerprint density at radius 1 is 0.939 bits per heavy atom. The van der Waals surface area contributed by atoms with Gasteiger partial charge < -0.3 is 4.74 Å². The zero-order valence-corrected chi connectivity index (χ0v) is 20.0. The van der Waals surface area contributed by atoms with Gasteiger partial charge in [-0.3, -0.25) is 14.9 Å². The fraction of sp³-hybridized carbons (Fsp3) is 0.0417. The molecule has 9 heteroatoms. The van der Waals surface area contributed by atoms with Crippen LogP contribution < -0.4 is 15.0 Å². The molecule has 1 N–H and O–H groups in total. The topological polar surface area (TPSA) is 75.7 Å². The molecule has 0 radical (unpaired) electrons. The number of amides is 4. The summed E-state index contributed by atoms with van der Waals surface area (Å²) in [5.74, 6) is -1.54. The van der Waals surface area contributed by atoms with Crippen molar-refractivity contribution in [1.29, 1.82) is 0 Å². The van der Waals surface area contributed by atoms with Crippen molar-refractivity contribution in [2.24, 2.45) is 0 Å². The van der Waals surface area contributed by atoms with Gasteiger partial charge in [0.15, 0.2) is 0 Å². The summed E-state index contributed by atoms with van der Waals surface area (Å²) in [6.45, 7) is 0.363. The molecule has 3 aromatic rings. The van der Waals surface area contributed by atoms with Crippen LogP contribution in [0.2, 0.25) is 0 Å². The number of halogens is 3. The van der Waals surface area contributed by atoms with Crippen LogP contribution in [0.3, 0.4) is 0 Å². The number of rotatable bonds is 5. The van der Waals surface area contributed by atoms with Gasteiger partial charge in [0.05, 0.1) is 10.2 Å². The number of carbonyl (C=O) groups is 3. The summed E-state index contributed by atoms with van der Waals surface area (Å²) < 4.78 is 20.7. The van der Waals surface area contributed by atoms with Crippen molar-refractivity contribution >= 4 is 61.5 Å². The fourth-order valence-corrected chi connectivity index (χ4v) is 3.89. The number of benzene rings is 3. The van der Waals surface area contributed by atoms with Gasteiger partial charge in [-0.1, -0.05) is 34.1 Å². The van der Waals surface area contributed by atoms with Crippen LogP contribution in [0.25, 0.3) is 6.08 Å². The number of imide groups is 2. The van der Waals surface area contributed by atoms with E-state index in [9.17, 15) is 18.8 Å². The minimum absolute atomic E-state index is 0.148. The van der Waals surface area contributed by atoms with Gasteiger partial charge >= 0.3 is 6.03 Å². The molecule has 0 aliphatic carbocycles. The zero-order chi connectivity index (χ0) is 23.5. The van der Waals surface area contributed by atoms with Gasteiger partial charge in [-0.2, -0.15) is 0 Å². The van der Waals surface area contributed by atoms with Crippen LogP contribution in [0.15, 0.2) is 81.2 Å². The summed E-state index contributed by atoms with van der Waals surface area (Å²) in [7, 11) is 0. The van der Waals surface area contributed by atoms with Crippen molar-refractivity contribution in [1.82, 2.24) is 5.32 Å². The molecule has 0 aromatic heterocycles. The normalized spacial score (nSPS) is 15.1. The lowest BCUT2D eigenvalue weighted by Crippen LogP contribution is -2.54. The molecule has 0 spiro atoms. The largest absolute Gasteiger partial charge is 0.488 e. The molecule has 0 bridgehead atoms. The predicted octanol–water partition coefficient (Wildman–Crippen LogP) is 5.60. The van der Waals surface area contributed by atoms with Crippen LogP contribution in [-0.2, 0) is 16.2 Å². The molecule has 1 fully saturated rings. The van der Waals surface area contributed by atoms with Gasteiger partial charge in [0.25, 0.3) is 11.8 Å². The monoisotopic (exact) mass is 572 g/mol. The standard InChI is InChI=1S/C24H15Br2FN2O4/c25-16-4-1-14(2-5-16)13-33-21-10-3-15(12-20(21)26)11-19-22(30)28-24(32)29(23(19)31)18-8-6-17(27)7-9-18/h1-12H,13H2,(H,28,30,32)/b19-11+. The Morgan fingerprint density at radius 3 is 2.30 bits per heavy atom. The molecule has 6 nitrogen and oxygen atoms in total. The molecule has 0 saturated carbocycles. The van der Waals surface area contributed by atoms with E-state index in [1.165, 1.54) is 18.2 Å². The number of nitrogens with zero attached hydrogens (tertiary/aromatic N) is 1. The third-order valence-corrected chi connectivity index (χ3v) is 5.91. The summed E-state index contributed by atoms with van der Waals surface area (Å²) in [5.41, 5.74) is 1.46. The molecule has 1 aliphatic rings. The highest BCUT2D eigenvalue weighted by Crippen LogP contribution is 2.29. The first-order valence-corrected chi connectivity index (χ1v) is 11.2. The van der Waals surface area contributed by atoms with Crippen molar-refractivity contribution in [3.63, 3.8) is 0 Å². The van der Waals surface area contributed by atoms with Crippen LogP contribution in [0, 0.1) is 5.82 Å². The van der Waals surface area contributed by atoms with Crippen LogP contribution in [-0.4, -0.2) is 17.8 Å². The maximum absolute atomic E-state index is 13.2. The van der Waals surface area contributed by atoms with Crippen molar-refractivity contribution in [2.75, 3.05) is 4.90 Å². The Hall–Kier alpha value is -3.30. The van der Waals surface area contributed by atoms with E-state index in [0.29, 0.717) is 22.4 Å². The Bertz CT molecular complexity index is 1270. The van der Waals surface area contributed by atoms with E-state index in [4.69, 9.17) is 4.74 Å². The third kappa shape index (κ3) is 5.20. The Kier molecular flexibility index (Phi) is 6.71. The van der Waals surface area contributed by atoms with Crippen molar-refractivity contribution in [3.8, 4) is 5.75 Å². The van der Waals surface area contributed by atoms with E-state index < -0.39 is 23.7 Å². The average molecular weight is 574 g/mol. The van der Waals surface area contributed by atoms with E-state index in [2.05, 4.69) is 37.2 Å². The highest BCUT2D eigenvalue weighted by molar-refractivity contribution is 9.10. The Labute approximate surface area is 205 Å². The molecule has 0 unspecified atom stereocenters. The van der Waals surface area contributed by atoms with Gasteiger partial charge in [-0.15, -0.1) is 0 Å². The Balaban J connectivity index is 1.55. The molecular formula is C24H15Br2FN2O4. The lowest BCUT2D eigenvalue weighted by molar-refractivity contribution is -0.122. The summed E-state index contributed by atoms with van der Waals surface area (Å²) in [6, 6.07) is 16.8. The van der Waals surface area contributed by atoms with Gasteiger partial charge in [0.1, 0.15) is 23.7 Å². The average Bonchev–Trinajstić information content (AvgIpc) is 2.78. The first-order chi connectivity index (χ1) is 15.8. The summed E-state index contributed by atoms with van der Waals surface area (Å²) in [6.07, 6.45) is 1.38. The first-order valence-electron chi connectivity index (χ1n) is 9.65. The molecule has 4 rings (SSSR count). The Morgan fingerprint density at radius 2 is 1.64 bits per heavy atom. The molecule has 3 aromatic carbocycles. The van der Waals surface area contributed by atoms with Crippen LogP contribution in [0.1, 0.15) is 11.1 Å². The second kappa shape index (κ2) is 9.68. The number of urea groups is 1. The number of hydrogen-bond donors (Lipinski definition) is 1. The minimum atomic E-state index is -0.897. The summed E-state index contributed by atoms with van der Waals surface area (Å²) >= 11 is 6.84. The van der Waals surface area contributed by atoms with E-state index in [0.717, 1.165) is 27.1 Å². The van der Waals surface area contributed by atoms with Gasteiger partial charge in [-0.05, 0) is 81.7 Å². The molecule has 1 aliphatic heterocycles. The second-order valence-corrected chi connectivity index (χ2v) is 8.81. The van der Waals surface area contributed by atoms with Gasteiger partial charge in [0.2, 0.25) is 0 Å². The maximum atomic E-state index is 13.2. The molecular weight excluding hydrogens is 559 g/mol. The molecule has 1 saturated heterocycles. The second-order valence-electron chi connectivity index (χ2n) is 7.04. The highest BCUT2D eigenvalue weighted by atomic mass is 79.9. The van der Waals surface area contributed by atoms with Crippen LogP contribution >= 0.6 is 31.9 Å². The molecule has 33 heavy (non-hydrogen) atoms. The van der Waals surface area contributed by atoms with E-state index in [1.807, 2.05) is 24.3 Å². The van der Waals surface area contributed by atoms with Gasteiger partial charge in [0, 0.05) is 4.47 Å². The number of nitrogens with one attached hydrogen (secondary N) is 1. The SMILES string of the molecule is O=C1NC(=O)N(c2ccc(F)cc2)C(=O)/C1=C/c1ccc(OCc2ccc(Br)cc2)c(Br)c1. The van der Waals surface area contributed by atoms with Crippen molar-refractivity contribution < 1.29 is 23.5 Å². The molecule has 1 heterocycles. The van der Waals surface area contributed by atoms with E-state index in [-0.39, 0.29) is 11.3 Å². The van der Waals surface area contributed by atoms with Crippen LogP contribution in [0.5, 0.6) is 5.75 Å². The number of carbonyl (C=O) groups excluding carboxylic acids is 3. The maximum Gasteiger partial charge on any atom is 0.335 e. The van der Waals surface area contributed by atoms with Crippen LogP contribution in [0.4, 0.5) is 14.9 Å². The van der Waals surface area contributed by atoms with Gasteiger partial charge in [-0.25, -0.2) is 14.1 Å². The van der Waals surface area contributed by atoms with E-state index in [1.54, 1.807) is 18.2 Å². The zero-order valence-electron chi connectivity index (χ0n) is 16.8. The van der Waals surface area contributed by atoms with Crippen molar-refractivity contribution in [3.05, 3.63) is 98.2 Å². The number of barbiturate groups is 1. The highest BCUT2D eigenvalue weighted by Gasteiger charge is 2.36. The van der Waals surface area contributed by atoms with Crippen molar-refractivity contribution in [2.45, 2.75) is 6.61 Å². The lowest BCUT2D eigenvalue weighted by atomic mass is 10.1. The summed E-state index contributed by atoms with van der Waals surface area (Å²) in [5, 5.41) is 2.14. The molecule has 166 valence electrons. The quantitative estimate of drug-likeness (QED) is 0.319. The predicted molar refractivity (Wildman–Crippen MR) is 128 cm³/mol. The third-order valence-electron chi connectivity index (χ3n) is 4.76. The smallest absolute Gasteiger partial charge is 0.335 e. The first kappa shape index (κ1) is 22.9.